The molecule has 0 fully saturated rings. The van der Waals surface area contributed by atoms with Gasteiger partial charge >= 0.3 is 12.1 Å². The van der Waals surface area contributed by atoms with E-state index in [4.69, 9.17) is 23.4 Å². The molecule has 1 heterocycles. The Morgan fingerprint density at radius 1 is 1.00 bits per heavy atom. The van der Waals surface area contributed by atoms with Crippen molar-refractivity contribution < 1.29 is 33.0 Å². The minimum atomic E-state index is -0.939. The molecule has 3 rings (SSSR count). The highest BCUT2D eigenvalue weighted by Crippen LogP contribution is 2.26. The van der Waals surface area contributed by atoms with Crippen molar-refractivity contribution in [1.82, 2.24) is 5.32 Å². The number of ether oxygens (including phenoxy) is 4. The maximum Gasteiger partial charge on any atom is 0.408 e. The largest absolute Gasteiger partial charge is 0.497 e. The molecule has 0 radical (unpaired) electrons. The number of esters is 1. The van der Waals surface area contributed by atoms with Crippen molar-refractivity contribution in [2.75, 3.05) is 7.11 Å². The Labute approximate surface area is 202 Å². The Hall–Kier alpha value is -4.01. The highest BCUT2D eigenvalue weighted by Gasteiger charge is 2.28. The second kappa shape index (κ2) is 10.5. The van der Waals surface area contributed by atoms with E-state index >= 15 is 0 Å². The van der Waals surface area contributed by atoms with Gasteiger partial charge in [-0.1, -0.05) is 19.9 Å². The average Bonchev–Trinajstić information content (AvgIpc) is 2.78. The normalized spacial score (nSPS) is 12.2. The molecule has 0 bridgehead atoms. The first-order valence-electron chi connectivity index (χ1n) is 11.1. The lowest BCUT2D eigenvalue weighted by atomic mass is 10.1. The third-order valence-electron chi connectivity index (χ3n) is 4.79. The van der Waals surface area contributed by atoms with E-state index in [1.165, 1.54) is 31.6 Å². The van der Waals surface area contributed by atoms with Gasteiger partial charge in [0.1, 0.15) is 40.7 Å². The number of hydrogen-bond acceptors (Lipinski definition) is 8. The van der Waals surface area contributed by atoms with Crippen LogP contribution in [0.15, 0.2) is 57.9 Å². The number of benzene rings is 2. The highest BCUT2D eigenvalue weighted by atomic mass is 16.6. The molecule has 1 atom stereocenters. The fourth-order valence-corrected chi connectivity index (χ4v) is 3.13. The molecule has 0 aliphatic heterocycles. The maximum absolute atomic E-state index is 12.9. The lowest BCUT2D eigenvalue weighted by Gasteiger charge is -2.24. The number of methoxy groups -OCH3 is 1. The molecule has 0 aliphatic carbocycles. The van der Waals surface area contributed by atoms with Crippen LogP contribution in [0.1, 0.15) is 34.6 Å². The first kappa shape index (κ1) is 25.6. The van der Waals surface area contributed by atoms with E-state index in [2.05, 4.69) is 5.32 Å². The van der Waals surface area contributed by atoms with Gasteiger partial charge in [-0.15, -0.1) is 0 Å². The third-order valence-corrected chi connectivity index (χ3v) is 4.79. The highest BCUT2D eigenvalue weighted by molar-refractivity contribution is 5.85. The number of hydrogen-bond donors (Lipinski definition) is 1. The summed E-state index contributed by atoms with van der Waals surface area (Å²) in [5.41, 5.74) is -0.890. The molecule has 35 heavy (non-hydrogen) atoms. The Morgan fingerprint density at radius 2 is 1.71 bits per heavy atom. The molecule has 1 unspecified atom stereocenters. The summed E-state index contributed by atoms with van der Waals surface area (Å²) in [6.07, 6.45) is 0.470. The predicted molar refractivity (Wildman–Crippen MR) is 129 cm³/mol. The second-order valence-electron chi connectivity index (χ2n) is 9.16. The summed E-state index contributed by atoms with van der Waals surface area (Å²) in [5, 5.41) is 2.79. The lowest BCUT2D eigenvalue weighted by molar-refractivity contribution is -0.137. The van der Waals surface area contributed by atoms with E-state index in [-0.39, 0.29) is 28.4 Å². The summed E-state index contributed by atoms with van der Waals surface area (Å²) in [7, 11) is 1.53. The van der Waals surface area contributed by atoms with Gasteiger partial charge in [0.2, 0.25) is 11.2 Å². The Balaban J connectivity index is 1.77. The van der Waals surface area contributed by atoms with Crippen molar-refractivity contribution in [3.8, 4) is 23.0 Å². The number of nitrogens with one attached hydrogen (secondary N) is 1. The molecule has 9 heteroatoms. The molecule has 0 spiro atoms. The molecule has 0 saturated carbocycles. The fraction of sp³-hybridized carbons (Fsp3) is 0.346. The van der Waals surface area contributed by atoms with E-state index < -0.39 is 29.1 Å². The first-order valence-corrected chi connectivity index (χ1v) is 11.1. The number of carbonyl (C=O) groups is 2. The minimum absolute atomic E-state index is 0.00284. The SMILES string of the molecule is COc1cccc(Oc2coc3cc(OC(=O)C(NC(=O)OC(C)(C)C)C(C)C)ccc3c2=O)c1. The van der Waals surface area contributed by atoms with E-state index in [1.54, 1.807) is 58.9 Å². The predicted octanol–water partition coefficient (Wildman–Crippen LogP) is 5.05. The van der Waals surface area contributed by atoms with Crippen LogP contribution in [0.5, 0.6) is 23.0 Å². The van der Waals surface area contributed by atoms with Crippen molar-refractivity contribution >= 4 is 23.0 Å². The average molecular weight is 484 g/mol. The molecule has 1 N–H and O–H groups in total. The van der Waals surface area contributed by atoms with Crippen LogP contribution < -0.4 is 25.0 Å². The Morgan fingerprint density at radius 3 is 2.37 bits per heavy atom. The topological polar surface area (TPSA) is 113 Å². The monoisotopic (exact) mass is 483 g/mol. The lowest BCUT2D eigenvalue weighted by Crippen LogP contribution is -2.48. The zero-order chi connectivity index (χ0) is 25.8. The summed E-state index contributed by atoms with van der Waals surface area (Å²) in [5.74, 6) is 0.217. The standard InChI is InChI=1S/C26H29NO8/c1-15(2)22(27-25(30)35-26(3,4)5)24(29)34-18-10-11-19-20(13-18)32-14-21(23(19)28)33-17-9-7-8-16(12-17)31-6/h7-15,22H,1-6H3,(H,27,30). The number of fused-ring (bicyclic) bond motifs is 1. The van der Waals surface area contributed by atoms with Gasteiger partial charge in [-0.05, 0) is 51.0 Å². The smallest absolute Gasteiger partial charge is 0.408 e. The molecular formula is C26H29NO8. The van der Waals surface area contributed by atoms with Gasteiger partial charge < -0.3 is 28.7 Å². The van der Waals surface area contributed by atoms with Gasteiger partial charge in [0, 0.05) is 12.1 Å². The molecule has 1 amide bonds. The molecule has 0 aliphatic rings. The van der Waals surface area contributed by atoms with Crippen LogP contribution in [0.25, 0.3) is 11.0 Å². The van der Waals surface area contributed by atoms with Crippen LogP contribution >= 0.6 is 0 Å². The van der Waals surface area contributed by atoms with E-state index in [1.807, 2.05) is 0 Å². The first-order chi connectivity index (χ1) is 16.5. The number of rotatable bonds is 7. The van der Waals surface area contributed by atoms with Crippen LogP contribution in [0.4, 0.5) is 4.79 Å². The Kier molecular flexibility index (Phi) is 7.68. The summed E-state index contributed by atoms with van der Waals surface area (Å²) in [6.45, 7) is 8.72. The molecule has 1 aromatic heterocycles. The van der Waals surface area contributed by atoms with Crippen LogP contribution in [0.3, 0.4) is 0 Å². The van der Waals surface area contributed by atoms with Crippen molar-refractivity contribution in [2.24, 2.45) is 5.92 Å². The summed E-state index contributed by atoms with van der Waals surface area (Å²) in [4.78, 5) is 37.8. The van der Waals surface area contributed by atoms with Gasteiger partial charge in [-0.3, -0.25) is 4.79 Å². The molecule has 186 valence electrons. The van der Waals surface area contributed by atoms with Crippen LogP contribution in [-0.2, 0) is 9.53 Å². The van der Waals surface area contributed by atoms with Crippen LogP contribution in [0.2, 0.25) is 0 Å². The molecule has 3 aromatic rings. The molecular weight excluding hydrogens is 454 g/mol. The summed E-state index contributed by atoms with van der Waals surface area (Å²) >= 11 is 0. The van der Waals surface area contributed by atoms with Crippen molar-refractivity contribution in [3.63, 3.8) is 0 Å². The zero-order valence-electron chi connectivity index (χ0n) is 20.5. The fourth-order valence-electron chi connectivity index (χ4n) is 3.13. The number of alkyl carbamates (subject to hydrolysis) is 1. The van der Waals surface area contributed by atoms with Gasteiger partial charge in [-0.2, -0.15) is 0 Å². The van der Waals surface area contributed by atoms with Gasteiger partial charge in [0.05, 0.1) is 12.5 Å². The third kappa shape index (κ3) is 6.75. The van der Waals surface area contributed by atoms with Gasteiger partial charge in [0.25, 0.3) is 0 Å². The van der Waals surface area contributed by atoms with Crippen LogP contribution in [0, 0.1) is 5.92 Å². The second-order valence-corrected chi connectivity index (χ2v) is 9.16. The van der Waals surface area contributed by atoms with Crippen molar-refractivity contribution in [1.29, 1.82) is 0 Å². The minimum Gasteiger partial charge on any atom is -0.497 e. The molecule has 0 saturated heterocycles. The van der Waals surface area contributed by atoms with Crippen LogP contribution in [-0.4, -0.2) is 30.8 Å². The van der Waals surface area contributed by atoms with Gasteiger partial charge in [0.15, 0.2) is 0 Å². The quantitative estimate of drug-likeness (QED) is 0.367. The van der Waals surface area contributed by atoms with Gasteiger partial charge in [-0.25, -0.2) is 9.59 Å². The number of amides is 1. The zero-order valence-corrected chi connectivity index (χ0v) is 20.5. The maximum atomic E-state index is 12.9. The summed E-state index contributed by atoms with van der Waals surface area (Å²) < 4.78 is 27.1. The number of carbonyl (C=O) groups excluding carboxylic acids is 2. The van der Waals surface area contributed by atoms with E-state index in [0.717, 1.165) is 0 Å². The Bertz CT molecular complexity index is 1270. The summed E-state index contributed by atoms with van der Waals surface area (Å²) in [6, 6.07) is 10.3. The molecule has 9 nitrogen and oxygen atoms in total. The van der Waals surface area contributed by atoms with E-state index in [9.17, 15) is 14.4 Å². The van der Waals surface area contributed by atoms with Crippen molar-refractivity contribution in [3.05, 3.63) is 59.0 Å². The van der Waals surface area contributed by atoms with E-state index in [0.29, 0.717) is 11.5 Å². The molecule has 2 aromatic carbocycles. The van der Waals surface area contributed by atoms with Crippen molar-refractivity contribution in [2.45, 2.75) is 46.3 Å².